The van der Waals surface area contributed by atoms with E-state index in [1.807, 2.05) is 0 Å². The molecule has 1 aromatic carbocycles. The molecular weight excluding hydrogens is 305 g/mol. The first-order valence-corrected chi connectivity index (χ1v) is 8.22. The van der Waals surface area contributed by atoms with Crippen molar-refractivity contribution >= 4 is 17.7 Å². The third kappa shape index (κ3) is 4.56. The minimum Gasteiger partial charge on any atom is -0.344 e. The lowest BCUT2D eigenvalue weighted by atomic mass is 10.2. The Labute approximate surface area is 132 Å². The number of thioether (sulfide) groups is 1. The van der Waals surface area contributed by atoms with Crippen LogP contribution in [-0.4, -0.2) is 27.6 Å². The first-order valence-electron chi connectivity index (χ1n) is 7.06. The highest BCUT2D eigenvalue weighted by molar-refractivity contribution is 7.99. The Kier molecular flexibility index (Phi) is 5.94. The molecule has 0 aliphatic rings. The predicted molar refractivity (Wildman–Crippen MR) is 83.9 cm³/mol. The summed E-state index contributed by atoms with van der Waals surface area (Å²) in [7, 11) is 0. The predicted octanol–water partition coefficient (Wildman–Crippen LogP) is 3.20. The van der Waals surface area contributed by atoms with Crippen LogP contribution in [0.2, 0.25) is 0 Å². The van der Waals surface area contributed by atoms with E-state index in [1.165, 1.54) is 12.1 Å². The molecule has 1 atom stereocenters. The lowest BCUT2D eigenvalue weighted by Crippen LogP contribution is -2.28. The topological polar surface area (TPSA) is 68.0 Å². The molecule has 0 fully saturated rings. The minimum atomic E-state index is -0.364. The molecule has 1 aromatic heterocycles. The van der Waals surface area contributed by atoms with Gasteiger partial charge >= 0.3 is 0 Å². The van der Waals surface area contributed by atoms with E-state index in [4.69, 9.17) is 4.52 Å². The van der Waals surface area contributed by atoms with Crippen molar-refractivity contribution in [1.82, 2.24) is 15.5 Å². The van der Waals surface area contributed by atoms with Crippen LogP contribution >= 0.6 is 11.8 Å². The lowest BCUT2D eigenvalue weighted by molar-refractivity contribution is -0.119. The van der Waals surface area contributed by atoms with Gasteiger partial charge in [0.25, 0.3) is 0 Å². The summed E-state index contributed by atoms with van der Waals surface area (Å²) in [5.41, 5.74) is 0.661. The van der Waals surface area contributed by atoms with Crippen molar-refractivity contribution in [2.75, 3.05) is 11.5 Å². The normalized spacial score (nSPS) is 12.1. The van der Waals surface area contributed by atoms with Gasteiger partial charge in [0, 0.05) is 5.56 Å². The fourth-order valence-corrected chi connectivity index (χ4v) is 2.48. The van der Waals surface area contributed by atoms with Gasteiger partial charge in [0.05, 0.1) is 5.75 Å². The van der Waals surface area contributed by atoms with Gasteiger partial charge in [-0.15, -0.1) is 0 Å². The number of hydrogen-bond donors (Lipinski definition) is 1. The molecule has 0 radical (unpaired) electrons. The molecular formula is C15H18FN3O2S. The molecule has 118 valence electrons. The standard InChI is InChI=1S/C15H18FN3O2S/c1-3-8-22-9-13(20)17-10(2)15-18-14(19-21-15)11-4-6-12(16)7-5-11/h4-7,10H,3,8-9H2,1-2H3,(H,17,20)/t10-/m1/s1. The van der Waals surface area contributed by atoms with E-state index >= 15 is 0 Å². The molecule has 0 saturated carbocycles. The smallest absolute Gasteiger partial charge is 0.249 e. The van der Waals surface area contributed by atoms with Crippen LogP contribution in [0.4, 0.5) is 4.39 Å². The number of aromatic nitrogens is 2. The molecule has 1 amide bonds. The van der Waals surface area contributed by atoms with Gasteiger partial charge in [-0.3, -0.25) is 4.79 Å². The molecule has 5 nitrogen and oxygen atoms in total. The van der Waals surface area contributed by atoms with Crippen LogP contribution in [0.25, 0.3) is 11.4 Å². The SMILES string of the molecule is CCCSCC(=O)N[C@H](C)c1nc(-c2ccc(F)cc2)no1. The largest absolute Gasteiger partial charge is 0.344 e. The van der Waals surface area contributed by atoms with Crippen molar-refractivity contribution in [3.8, 4) is 11.4 Å². The number of carbonyl (C=O) groups excluding carboxylic acids is 1. The van der Waals surface area contributed by atoms with Crippen LogP contribution in [0.5, 0.6) is 0 Å². The van der Waals surface area contributed by atoms with Gasteiger partial charge in [0.2, 0.25) is 17.6 Å². The van der Waals surface area contributed by atoms with Crippen molar-refractivity contribution in [3.05, 3.63) is 36.0 Å². The van der Waals surface area contributed by atoms with E-state index in [-0.39, 0.29) is 17.8 Å². The number of amides is 1. The highest BCUT2D eigenvalue weighted by Gasteiger charge is 2.17. The third-order valence-electron chi connectivity index (χ3n) is 2.87. The fraction of sp³-hybridized carbons (Fsp3) is 0.400. The van der Waals surface area contributed by atoms with Gasteiger partial charge in [0.1, 0.15) is 11.9 Å². The first-order chi connectivity index (χ1) is 10.6. The number of benzene rings is 1. The highest BCUT2D eigenvalue weighted by Crippen LogP contribution is 2.19. The summed E-state index contributed by atoms with van der Waals surface area (Å²) in [4.78, 5) is 16.0. The van der Waals surface area contributed by atoms with Crippen LogP contribution < -0.4 is 5.32 Å². The number of hydrogen-bond acceptors (Lipinski definition) is 5. The summed E-state index contributed by atoms with van der Waals surface area (Å²) in [5, 5.41) is 6.67. The second-order valence-electron chi connectivity index (χ2n) is 4.80. The second-order valence-corrected chi connectivity index (χ2v) is 5.91. The van der Waals surface area contributed by atoms with E-state index in [9.17, 15) is 9.18 Å². The zero-order chi connectivity index (χ0) is 15.9. The molecule has 0 bridgehead atoms. The molecule has 22 heavy (non-hydrogen) atoms. The highest BCUT2D eigenvalue weighted by atomic mass is 32.2. The maximum Gasteiger partial charge on any atom is 0.249 e. The van der Waals surface area contributed by atoms with E-state index in [1.54, 1.807) is 30.8 Å². The van der Waals surface area contributed by atoms with Crippen LogP contribution in [-0.2, 0) is 4.79 Å². The fourth-order valence-electron chi connectivity index (χ4n) is 1.78. The molecule has 7 heteroatoms. The van der Waals surface area contributed by atoms with E-state index in [2.05, 4.69) is 22.4 Å². The minimum absolute atomic E-state index is 0.0625. The van der Waals surface area contributed by atoms with Crippen molar-refractivity contribution in [2.45, 2.75) is 26.3 Å². The number of carbonyl (C=O) groups is 1. The average molecular weight is 323 g/mol. The Balaban J connectivity index is 1.95. The van der Waals surface area contributed by atoms with Gasteiger partial charge in [-0.2, -0.15) is 16.7 Å². The molecule has 0 saturated heterocycles. The Morgan fingerprint density at radius 3 is 2.82 bits per heavy atom. The Morgan fingerprint density at radius 1 is 1.41 bits per heavy atom. The van der Waals surface area contributed by atoms with Gasteiger partial charge in [-0.1, -0.05) is 12.1 Å². The number of halogens is 1. The first kappa shape index (κ1) is 16.5. The van der Waals surface area contributed by atoms with E-state index in [0.717, 1.165) is 12.2 Å². The molecule has 2 rings (SSSR count). The lowest BCUT2D eigenvalue weighted by Gasteiger charge is -2.09. The zero-order valence-electron chi connectivity index (χ0n) is 12.5. The van der Waals surface area contributed by atoms with E-state index < -0.39 is 0 Å². The van der Waals surface area contributed by atoms with Gasteiger partial charge in [0.15, 0.2) is 0 Å². The monoisotopic (exact) mass is 323 g/mol. The number of nitrogens with one attached hydrogen (secondary N) is 1. The molecule has 2 aromatic rings. The molecule has 1 heterocycles. The summed E-state index contributed by atoms with van der Waals surface area (Å²) in [6.07, 6.45) is 1.04. The molecule has 0 aliphatic carbocycles. The second kappa shape index (κ2) is 7.93. The van der Waals surface area contributed by atoms with Crippen molar-refractivity contribution in [3.63, 3.8) is 0 Å². The average Bonchev–Trinajstić information content (AvgIpc) is 2.98. The quantitative estimate of drug-likeness (QED) is 0.793. The maximum absolute atomic E-state index is 12.9. The Hall–Kier alpha value is -1.89. The number of rotatable bonds is 7. The van der Waals surface area contributed by atoms with Crippen molar-refractivity contribution in [1.29, 1.82) is 0 Å². The van der Waals surface area contributed by atoms with Crippen LogP contribution in [0.3, 0.4) is 0 Å². The number of nitrogens with zero attached hydrogens (tertiary/aromatic N) is 2. The van der Waals surface area contributed by atoms with E-state index in [0.29, 0.717) is 23.0 Å². The Morgan fingerprint density at radius 2 is 2.14 bits per heavy atom. The zero-order valence-corrected chi connectivity index (χ0v) is 13.3. The van der Waals surface area contributed by atoms with Gasteiger partial charge < -0.3 is 9.84 Å². The Bertz CT molecular complexity index is 616. The molecule has 0 unspecified atom stereocenters. The maximum atomic E-state index is 12.9. The van der Waals surface area contributed by atoms with Crippen LogP contribution in [0, 0.1) is 5.82 Å². The summed E-state index contributed by atoms with van der Waals surface area (Å²) in [6, 6.07) is 5.46. The van der Waals surface area contributed by atoms with Gasteiger partial charge in [-0.25, -0.2) is 4.39 Å². The van der Waals surface area contributed by atoms with Crippen LogP contribution in [0.1, 0.15) is 32.2 Å². The van der Waals surface area contributed by atoms with Crippen LogP contribution in [0.15, 0.2) is 28.8 Å². The summed E-state index contributed by atoms with van der Waals surface area (Å²) in [5.74, 6) is 1.68. The van der Waals surface area contributed by atoms with Crippen molar-refractivity contribution in [2.24, 2.45) is 0 Å². The molecule has 0 spiro atoms. The van der Waals surface area contributed by atoms with Gasteiger partial charge in [-0.05, 0) is 43.4 Å². The summed E-state index contributed by atoms with van der Waals surface area (Å²) >= 11 is 1.59. The molecule has 1 N–H and O–H groups in total. The van der Waals surface area contributed by atoms with Crippen molar-refractivity contribution < 1.29 is 13.7 Å². The molecule has 0 aliphatic heterocycles. The summed E-state index contributed by atoms with van der Waals surface area (Å²) < 4.78 is 18.1. The third-order valence-corrected chi connectivity index (χ3v) is 4.04. The summed E-state index contributed by atoms with van der Waals surface area (Å²) in [6.45, 7) is 3.85.